The minimum Gasteiger partial charge on any atom is -0.258 e. The Morgan fingerprint density at radius 1 is 1.00 bits per heavy atom. The van der Waals surface area contributed by atoms with Crippen molar-refractivity contribution in [2.45, 2.75) is 6.92 Å². The van der Waals surface area contributed by atoms with E-state index in [0.717, 1.165) is 10.6 Å². The molecule has 0 amide bonds. The standard InChI is InChI=1S/C15H11N3O2S/c1-10-6-8-11(9-7-10)14-16-17-15(21-14)12-4-2-3-5-13(12)18(19)20/h2-9H,1H3. The number of hydrogen-bond donors (Lipinski definition) is 0. The first-order valence-electron chi connectivity index (χ1n) is 6.29. The van der Waals surface area contributed by atoms with Gasteiger partial charge in [0.1, 0.15) is 5.01 Å². The van der Waals surface area contributed by atoms with Crippen LogP contribution in [-0.2, 0) is 0 Å². The highest BCUT2D eigenvalue weighted by Crippen LogP contribution is 2.34. The van der Waals surface area contributed by atoms with Crippen LogP contribution < -0.4 is 0 Å². The second kappa shape index (κ2) is 5.41. The number of aryl methyl sites for hydroxylation is 1. The van der Waals surface area contributed by atoms with E-state index in [9.17, 15) is 10.1 Å². The minimum absolute atomic E-state index is 0.0455. The third-order valence-corrected chi connectivity index (χ3v) is 4.06. The third-order valence-electron chi connectivity index (χ3n) is 3.05. The van der Waals surface area contributed by atoms with Crippen LogP contribution in [0.4, 0.5) is 5.69 Å². The molecule has 0 unspecified atom stereocenters. The Morgan fingerprint density at radius 3 is 2.38 bits per heavy atom. The van der Waals surface area contributed by atoms with E-state index in [1.807, 2.05) is 31.2 Å². The predicted molar refractivity (Wildman–Crippen MR) is 82.2 cm³/mol. The molecule has 21 heavy (non-hydrogen) atoms. The maximum absolute atomic E-state index is 11.1. The van der Waals surface area contributed by atoms with Crippen LogP contribution >= 0.6 is 11.3 Å². The molecule has 1 aromatic heterocycles. The molecule has 0 N–H and O–H groups in total. The molecule has 3 aromatic rings. The zero-order valence-electron chi connectivity index (χ0n) is 11.2. The van der Waals surface area contributed by atoms with Crippen LogP contribution in [0.2, 0.25) is 0 Å². The molecule has 5 nitrogen and oxygen atoms in total. The fraction of sp³-hybridized carbons (Fsp3) is 0.0667. The van der Waals surface area contributed by atoms with Gasteiger partial charge in [-0.1, -0.05) is 53.3 Å². The topological polar surface area (TPSA) is 68.9 Å². The second-order valence-corrected chi connectivity index (χ2v) is 5.53. The lowest BCUT2D eigenvalue weighted by atomic mass is 10.2. The lowest BCUT2D eigenvalue weighted by Crippen LogP contribution is -1.90. The van der Waals surface area contributed by atoms with Gasteiger partial charge in [-0.25, -0.2) is 0 Å². The van der Waals surface area contributed by atoms with Gasteiger partial charge in [0.05, 0.1) is 10.5 Å². The lowest BCUT2D eigenvalue weighted by molar-refractivity contribution is -0.384. The first-order chi connectivity index (χ1) is 10.1. The minimum atomic E-state index is -0.401. The van der Waals surface area contributed by atoms with E-state index in [1.54, 1.807) is 18.2 Å². The van der Waals surface area contributed by atoms with Gasteiger partial charge in [-0.15, -0.1) is 10.2 Å². The number of aromatic nitrogens is 2. The molecule has 6 heteroatoms. The Hall–Kier alpha value is -2.60. The average Bonchev–Trinajstić information content (AvgIpc) is 2.97. The normalized spacial score (nSPS) is 10.5. The molecule has 0 bridgehead atoms. The highest BCUT2D eigenvalue weighted by molar-refractivity contribution is 7.18. The van der Waals surface area contributed by atoms with Crippen LogP contribution in [0.25, 0.3) is 21.1 Å². The smallest absolute Gasteiger partial charge is 0.258 e. The number of benzene rings is 2. The summed E-state index contributed by atoms with van der Waals surface area (Å²) in [6.07, 6.45) is 0. The zero-order valence-corrected chi connectivity index (χ0v) is 12.0. The Labute approximate surface area is 125 Å². The highest BCUT2D eigenvalue weighted by Gasteiger charge is 2.18. The Bertz CT molecular complexity index is 797. The zero-order chi connectivity index (χ0) is 14.8. The van der Waals surface area contributed by atoms with Crippen molar-refractivity contribution in [3.05, 3.63) is 64.2 Å². The molecular weight excluding hydrogens is 286 g/mol. The first kappa shape index (κ1) is 13.4. The molecule has 1 heterocycles. The molecule has 0 aliphatic heterocycles. The van der Waals surface area contributed by atoms with Crippen molar-refractivity contribution < 1.29 is 4.92 Å². The monoisotopic (exact) mass is 297 g/mol. The third kappa shape index (κ3) is 2.66. The van der Waals surface area contributed by atoms with Gasteiger partial charge in [-0.3, -0.25) is 10.1 Å². The van der Waals surface area contributed by atoms with E-state index >= 15 is 0 Å². The highest BCUT2D eigenvalue weighted by atomic mass is 32.1. The van der Waals surface area contributed by atoms with Crippen molar-refractivity contribution in [2.75, 3.05) is 0 Å². The van der Waals surface area contributed by atoms with Crippen molar-refractivity contribution in [2.24, 2.45) is 0 Å². The predicted octanol–water partition coefficient (Wildman–Crippen LogP) is 4.09. The van der Waals surface area contributed by atoms with Gasteiger partial charge < -0.3 is 0 Å². The summed E-state index contributed by atoms with van der Waals surface area (Å²) in [6.45, 7) is 2.02. The molecule has 0 fully saturated rings. The Kier molecular flexibility index (Phi) is 3.45. The summed E-state index contributed by atoms with van der Waals surface area (Å²) in [5.74, 6) is 0. The van der Waals surface area contributed by atoms with Crippen LogP contribution in [0.1, 0.15) is 5.56 Å². The molecule has 3 rings (SSSR count). The molecule has 0 saturated heterocycles. The number of nitrogens with zero attached hydrogens (tertiary/aromatic N) is 3. The van der Waals surface area contributed by atoms with Crippen molar-refractivity contribution in [1.29, 1.82) is 0 Å². The number of hydrogen-bond acceptors (Lipinski definition) is 5. The molecule has 0 atom stereocenters. The van der Waals surface area contributed by atoms with Gasteiger partial charge in [-0.05, 0) is 13.0 Å². The number of para-hydroxylation sites is 1. The molecule has 0 spiro atoms. The quantitative estimate of drug-likeness (QED) is 0.539. The summed E-state index contributed by atoms with van der Waals surface area (Å²) in [5.41, 5.74) is 2.67. The molecule has 0 saturated carbocycles. The van der Waals surface area contributed by atoms with Crippen molar-refractivity contribution in [1.82, 2.24) is 10.2 Å². The first-order valence-corrected chi connectivity index (χ1v) is 7.11. The van der Waals surface area contributed by atoms with Gasteiger partial charge in [0, 0.05) is 11.6 Å². The summed E-state index contributed by atoms with van der Waals surface area (Å²) in [7, 11) is 0. The summed E-state index contributed by atoms with van der Waals surface area (Å²) < 4.78 is 0. The summed E-state index contributed by atoms with van der Waals surface area (Å²) in [6, 6.07) is 14.5. The lowest BCUT2D eigenvalue weighted by Gasteiger charge is -1.97. The van der Waals surface area contributed by atoms with E-state index in [0.29, 0.717) is 10.6 Å². The molecule has 104 valence electrons. The van der Waals surface area contributed by atoms with E-state index < -0.39 is 4.92 Å². The fourth-order valence-corrected chi connectivity index (χ4v) is 2.84. The molecule has 2 aromatic carbocycles. The summed E-state index contributed by atoms with van der Waals surface area (Å²) >= 11 is 1.35. The molecule has 0 radical (unpaired) electrons. The van der Waals surface area contributed by atoms with Crippen LogP contribution in [0.5, 0.6) is 0 Å². The van der Waals surface area contributed by atoms with E-state index in [-0.39, 0.29) is 5.69 Å². The second-order valence-electron chi connectivity index (χ2n) is 4.55. The van der Waals surface area contributed by atoms with Crippen LogP contribution in [0.15, 0.2) is 48.5 Å². The van der Waals surface area contributed by atoms with Crippen LogP contribution in [-0.4, -0.2) is 15.1 Å². The number of nitro groups is 1. The van der Waals surface area contributed by atoms with Crippen molar-refractivity contribution >= 4 is 17.0 Å². The maximum Gasteiger partial charge on any atom is 0.279 e. The fourth-order valence-electron chi connectivity index (χ4n) is 1.96. The van der Waals surface area contributed by atoms with Crippen LogP contribution in [0.3, 0.4) is 0 Å². The number of nitro benzene ring substituents is 1. The Balaban J connectivity index is 2.03. The molecule has 0 aliphatic rings. The van der Waals surface area contributed by atoms with Crippen molar-refractivity contribution in [3.63, 3.8) is 0 Å². The molecule has 0 aliphatic carbocycles. The molecular formula is C15H11N3O2S. The van der Waals surface area contributed by atoms with E-state index in [4.69, 9.17) is 0 Å². The maximum atomic E-state index is 11.1. The van der Waals surface area contributed by atoms with E-state index in [2.05, 4.69) is 10.2 Å². The average molecular weight is 297 g/mol. The summed E-state index contributed by atoms with van der Waals surface area (Å²) in [5, 5.41) is 20.6. The van der Waals surface area contributed by atoms with Crippen molar-refractivity contribution in [3.8, 4) is 21.1 Å². The van der Waals surface area contributed by atoms with Gasteiger partial charge in [-0.2, -0.15) is 0 Å². The van der Waals surface area contributed by atoms with Gasteiger partial charge >= 0.3 is 0 Å². The Morgan fingerprint density at radius 2 is 1.67 bits per heavy atom. The number of rotatable bonds is 3. The van der Waals surface area contributed by atoms with Gasteiger partial charge in [0.15, 0.2) is 5.01 Å². The largest absolute Gasteiger partial charge is 0.279 e. The van der Waals surface area contributed by atoms with E-state index in [1.165, 1.54) is 23.0 Å². The SMILES string of the molecule is Cc1ccc(-c2nnc(-c3ccccc3[N+](=O)[O-])s2)cc1. The summed E-state index contributed by atoms with van der Waals surface area (Å²) in [4.78, 5) is 10.7. The van der Waals surface area contributed by atoms with Gasteiger partial charge in [0.25, 0.3) is 5.69 Å². The van der Waals surface area contributed by atoms with Crippen LogP contribution in [0, 0.1) is 17.0 Å². The van der Waals surface area contributed by atoms with Gasteiger partial charge in [0.2, 0.25) is 0 Å².